The highest BCUT2D eigenvalue weighted by molar-refractivity contribution is 6.13. The summed E-state index contributed by atoms with van der Waals surface area (Å²) in [6.07, 6.45) is 3.59. The molecule has 1 N–H and O–H groups in total. The van der Waals surface area contributed by atoms with Crippen LogP contribution in [0.1, 0.15) is 22.3 Å². The van der Waals surface area contributed by atoms with Crippen LogP contribution in [0, 0.1) is 0 Å². The molecule has 0 saturated carbocycles. The van der Waals surface area contributed by atoms with Gasteiger partial charge in [0, 0.05) is 23.0 Å². The molecular weight excluding hydrogens is 282 g/mol. The highest BCUT2D eigenvalue weighted by atomic mass is 16.1. The zero-order chi connectivity index (χ0) is 15.6. The molecule has 0 atom stereocenters. The Hall–Kier alpha value is -2.87. The molecule has 2 nitrogen and oxygen atoms in total. The SMILES string of the molecule is O=C(/C=C1/CCc2ccccc2N1)c1cccc2ccccc12. The van der Waals surface area contributed by atoms with Crippen molar-refractivity contribution >= 4 is 22.2 Å². The molecule has 0 saturated heterocycles. The van der Waals surface area contributed by atoms with Crippen LogP contribution in [0.3, 0.4) is 0 Å². The second kappa shape index (κ2) is 5.73. The van der Waals surface area contributed by atoms with Gasteiger partial charge < -0.3 is 5.32 Å². The monoisotopic (exact) mass is 299 g/mol. The van der Waals surface area contributed by atoms with Gasteiger partial charge in [-0.3, -0.25) is 4.79 Å². The van der Waals surface area contributed by atoms with E-state index >= 15 is 0 Å². The van der Waals surface area contributed by atoms with Crippen LogP contribution in [0.2, 0.25) is 0 Å². The number of rotatable bonds is 2. The fourth-order valence-corrected chi connectivity index (χ4v) is 3.15. The van der Waals surface area contributed by atoms with Gasteiger partial charge in [-0.2, -0.15) is 0 Å². The summed E-state index contributed by atoms with van der Waals surface area (Å²) in [5, 5.41) is 5.49. The fourth-order valence-electron chi connectivity index (χ4n) is 3.15. The smallest absolute Gasteiger partial charge is 0.188 e. The van der Waals surface area contributed by atoms with Crippen molar-refractivity contribution in [1.82, 2.24) is 0 Å². The molecule has 4 rings (SSSR count). The van der Waals surface area contributed by atoms with E-state index in [2.05, 4.69) is 23.5 Å². The Morgan fingerprint density at radius 2 is 1.65 bits per heavy atom. The average molecular weight is 299 g/mol. The molecular formula is C21H17NO. The highest BCUT2D eigenvalue weighted by Gasteiger charge is 2.14. The van der Waals surface area contributed by atoms with Crippen LogP contribution in [0.5, 0.6) is 0 Å². The summed E-state index contributed by atoms with van der Waals surface area (Å²) >= 11 is 0. The molecule has 0 spiro atoms. The van der Waals surface area contributed by atoms with Crippen LogP contribution in [0.25, 0.3) is 10.8 Å². The lowest BCUT2D eigenvalue weighted by Gasteiger charge is -2.20. The maximum absolute atomic E-state index is 12.7. The number of anilines is 1. The maximum atomic E-state index is 12.7. The number of hydrogen-bond donors (Lipinski definition) is 1. The molecule has 0 aromatic heterocycles. The van der Waals surface area contributed by atoms with E-state index < -0.39 is 0 Å². The van der Waals surface area contributed by atoms with Crippen LogP contribution in [0.15, 0.2) is 78.5 Å². The zero-order valence-corrected chi connectivity index (χ0v) is 12.8. The van der Waals surface area contributed by atoms with E-state index in [0.29, 0.717) is 0 Å². The summed E-state index contributed by atoms with van der Waals surface area (Å²) in [5.74, 6) is 0.0590. The largest absolute Gasteiger partial charge is 0.359 e. The summed E-state index contributed by atoms with van der Waals surface area (Å²) in [6.45, 7) is 0. The van der Waals surface area contributed by atoms with E-state index in [0.717, 1.165) is 40.6 Å². The number of para-hydroxylation sites is 1. The van der Waals surface area contributed by atoms with Crippen molar-refractivity contribution in [3.8, 4) is 0 Å². The molecule has 0 amide bonds. The van der Waals surface area contributed by atoms with E-state index in [1.54, 1.807) is 6.08 Å². The first kappa shape index (κ1) is 13.8. The van der Waals surface area contributed by atoms with E-state index in [4.69, 9.17) is 0 Å². The first-order valence-corrected chi connectivity index (χ1v) is 7.89. The van der Waals surface area contributed by atoms with Gasteiger partial charge in [0.1, 0.15) is 0 Å². The number of ketones is 1. The molecule has 1 aliphatic rings. The van der Waals surface area contributed by atoms with Crippen molar-refractivity contribution in [3.63, 3.8) is 0 Å². The molecule has 112 valence electrons. The first-order chi connectivity index (χ1) is 11.3. The number of allylic oxidation sites excluding steroid dienone is 2. The Morgan fingerprint density at radius 1 is 0.870 bits per heavy atom. The molecule has 3 aromatic carbocycles. The number of nitrogens with one attached hydrogen (secondary N) is 1. The summed E-state index contributed by atoms with van der Waals surface area (Å²) < 4.78 is 0. The molecule has 0 fully saturated rings. The third-order valence-electron chi connectivity index (χ3n) is 4.34. The third kappa shape index (κ3) is 2.64. The molecule has 0 bridgehead atoms. The van der Waals surface area contributed by atoms with Crippen LogP contribution >= 0.6 is 0 Å². The average Bonchev–Trinajstić information content (AvgIpc) is 2.61. The normalized spacial score (nSPS) is 15.2. The molecule has 0 radical (unpaired) electrons. The van der Waals surface area contributed by atoms with Gasteiger partial charge in [0.2, 0.25) is 0 Å². The Morgan fingerprint density at radius 3 is 2.61 bits per heavy atom. The third-order valence-corrected chi connectivity index (χ3v) is 4.34. The quantitative estimate of drug-likeness (QED) is 0.535. The summed E-state index contributed by atoms with van der Waals surface area (Å²) in [4.78, 5) is 12.7. The maximum Gasteiger partial charge on any atom is 0.188 e. The van der Waals surface area contributed by atoms with Gasteiger partial charge in [-0.15, -0.1) is 0 Å². The minimum Gasteiger partial charge on any atom is -0.359 e. The van der Waals surface area contributed by atoms with Gasteiger partial charge in [-0.1, -0.05) is 60.7 Å². The van der Waals surface area contributed by atoms with Gasteiger partial charge in [0.05, 0.1) is 0 Å². The first-order valence-electron chi connectivity index (χ1n) is 7.89. The summed E-state index contributed by atoms with van der Waals surface area (Å²) in [7, 11) is 0. The van der Waals surface area contributed by atoms with Gasteiger partial charge in [0.15, 0.2) is 5.78 Å². The van der Waals surface area contributed by atoms with Crippen molar-refractivity contribution in [1.29, 1.82) is 0 Å². The van der Waals surface area contributed by atoms with Crippen LogP contribution < -0.4 is 5.32 Å². The second-order valence-corrected chi connectivity index (χ2v) is 5.84. The van der Waals surface area contributed by atoms with Gasteiger partial charge in [-0.05, 0) is 35.2 Å². The molecule has 2 heteroatoms. The molecule has 1 heterocycles. The van der Waals surface area contributed by atoms with Crippen LogP contribution in [-0.2, 0) is 6.42 Å². The lowest BCUT2D eigenvalue weighted by molar-refractivity contribution is 0.104. The molecule has 1 aliphatic heterocycles. The number of aryl methyl sites for hydroxylation is 1. The minimum atomic E-state index is 0.0590. The highest BCUT2D eigenvalue weighted by Crippen LogP contribution is 2.27. The Labute approximate surface area is 135 Å². The van der Waals surface area contributed by atoms with Crippen molar-refractivity contribution in [2.24, 2.45) is 0 Å². The second-order valence-electron chi connectivity index (χ2n) is 5.84. The number of fused-ring (bicyclic) bond motifs is 2. The Balaban J connectivity index is 1.68. The standard InChI is InChI=1S/C21H17NO/c23-21(19-10-5-8-15-6-1-3-9-18(15)19)14-17-13-12-16-7-2-4-11-20(16)22-17/h1-11,14,22H,12-13H2/b17-14-. The molecule has 3 aromatic rings. The minimum absolute atomic E-state index is 0.0590. The van der Waals surface area contributed by atoms with Crippen molar-refractivity contribution in [3.05, 3.63) is 89.6 Å². The number of benzene rings is 3. The predicted octanol–water partition coefficient (Wildman–Crippen LogP) is 4.96. The zero-order valence-electron chi connectivity index (χ0n) is 12.8. The van der Waals surface area contributed by atoms with E-state index in [1.165, 1.54) is 5.56 Å². The summed E-state index contributed by atoms with van der Waals surface area (Å²) in [6, 6.07) is 22.1. The van der Waals surface area contributed by atoms with Crippen molar-refractivity contribution in [2.75, 3.05) is 5.32 Å². The molecule has 23 heavy (non-hydrogen) atoms. The Kier molecular flexibility index (Phi) is 3.43. The predicted molar refractivity (Wildman–Crippen MR) is 94.7 cm³/mol. The number of carbonyl (C=O) groups is 1. The lowest BCUT2D eigenvalue weighted by atomic mass is 9.98. The molecule has 0 aliphatic carbocycles. The van der Waals surface area contributed by atoms with Crippen LogP contribution in [0.4, 0.5) is 5.69 Å². The fraction of sp³-hybridized carbons (Fsp3) is 0.0952. The number of hydrogen-bond acceptors (Lipinski definition) is 2. The van der Waals surface area contributed by atoms with Gasteiger partial charge in [0.25, 0.3) is 0 Å². The lowest BCUT2D eigenvalue weighted by Crippen LogP contribution is -2.11. The molecule has 0 unspecified atom stereocenters. The van der Waals surface area contributed by atoms with E-state index in [1.807, 2.05) is 48.5 Å². The summed E-state index contributed by atoms with van der Waals surface area (Å²) in [5.41, 5.74) is 4.16. The number of carbonyl (C=O) groups excluding carboxylic acids is 1. The van der Waals surface area contributed by atoms with E-state index in [-0.39, 0.29) is 5.78 Å². The van der Waals surface area contributed by atoms with Crippen molar-refractivity contribution in [2.45, 2.75) is 12.8 Å². The van der Waals surface area contributed by atoms with Crippen molar-refractivity contribution < 1.29 is 4.79 Å². The van der Waals surface area contributed by atoms with Gasteiger partial charge in [-0.25, -0.2) is 0 Å². The Bertz CT molecular complexity index is 919. The van der Waals surface area contributed by atoms with Gasteiger partial charge >= 0.3 is 0 Å². The van der Waals surface area contributed by atoms with E-state index in [9.17, 15) is 4.79 Å². The van der Waals surface area contributed by atoms with Crippen LogP contribution in [-0.4, -0.2) is 5.78 Å². The topological polar surface area (TPSA) is 29.1 Å².